The molecule has 0 bridgehead atoms. The molecular weight excluding hydrogens is 735 g/mol. The van der Waals surface area contributed by atoms with Crippen molar-refractivity contribution in [2.45, 2.75) is 57.8 Å². The van der Waals surface area contributed by atoms with Gasteiger partial charge in [-0.2, -0.15) is 0 Å². The van der Waals surface area contributed by atoms with Gasteiger partial charge in [-0.1, -0.05) is 173 Å². The van der Waals surface area contributed by atoms with E-state index in [2.05, 4.69) is 185 Å². The first-order valence-electron chi connectivity index (χ1n) is 19.2. The van der Waals surface area contributed by atoms with Gasteiger partial charge in [-0.15, -0.1) is 0 Å². The SMILES string of the molecule is CC1(C)c2ccccc2-c2ccc(-c3ccc(Br)cc3)cc21.CC1(C)c2ccccc2-c2ccc(-c3ccc4c(c3)C(C)(C)c3cc(B(O)O)ccc3-4)cc21. The predicted octanol–water partition coefficient (Wildman–Crippen LogP) is 12.1. The molecule has 4 heteroatoms. The van der Waals surface area contributed by atoms with E-state index in [1.807, 2.05) is 18.2 Å². The standard InChI is InChI=1S/C30H27BO2.C21H17Br/c1-29(2)25-8-6-5-7-21(25)22-12-9-18(15-26(22)29)19-10-13-23-24-14-11-20(31(32)33)17-28(24)30(3,4)27(23)16-19;1-21(2)19-6-4-3-5-17(19)18-12-9-15(13-20(18)21)14-7-10-16(22)11-8-14/h5-17,32-33H,1-4H3;3-13H,1-2H3. The van der Waals surface area contributed by atoms with E-state index in [4.69, 9.17) is 0 Å². The Morgan fingerprint density at radius 3 is 1.13 bits per heavy atom. The van der Waals surface area contributed by atoms with Crippen molar-refractivity contribution in [3.05, 3.63) is 183 Å². The second-order valence-electron chi connectivity index (χ2n) is 16.9. The van der Waals surface area contributed by atoms with Crippen LogP contribution in [0.5, 0.6) is 0 Å². The third kappa shape index (κ3) is 5.60. The Kier molecular flexibility index (Phi) is 8.29. The molecule has 2 N–H and O–H groups in total. The minimum absolute atomic E-state index is 0.0182. The van der Waals surface area contributed by atoms with Crippen molar-refractivity contribution in [2.75, 3.05) is 0 Å². The zero-order valence-electron chi connectivity index (χ0n) is 32.2. The lowest BCUT2D eigenvalue weighted by Gasteiger charge is -2.23. The third-order valence-electron chi connectivity index (χ3n) is 12.7. The summed E-state index contributed by atoms with van der Waals surface area (Å²) >= 11 is 3.51. The fourth-order valence-corrected chi connectivity index (χ4v) is 9.77. The van der Waals surface area contributed by atoms with Gasteiger partial charge in [-0.25, -0.2) is 0 Å². The van der Waals surface area contributed by atoms with E-state index in [1.165, 1.54) is 83.5 Å². The molecule has 55 heavy (non-hydrogen) atoms. The van der Waals surface area contributed by atoms with Crippen LogP contribution in [0, 0.1) is 0 Å². The van der Waals surface area contributed by atoms with Crippen molar-refractivity contribution in [1.82, 2.24) is 0 Å². The first kappa shape index (κ1) is 35.7. The van der Waals surface area contributed by atoms with E-state index in [0.29, 0.717) is 5.46 Å². The van der Waals surface area contributed by atoms with Crippen molar-refractivity contribution in [1.29, 1.82) is 0 Å². The highest BCUT2D eigenvalue weighted by molar-refractivity contribution is 9.10. The van der Waals surface area contributed by atoms with Crippen LogP contribution < -0.4 is 5.46 Å². The number of hydrogen-bond donors (Lipinski definition) is 2. The van der Waals surface area contributed by atoms with E-state index in [0.717, 1.165) is 10.0 Å². The Morgan fingerprint density at radius 1 is 0.364 bits per heavy atom. The summed E-state index contributed by atoms with van der Waals surface area (Å²) < 4.78 is 1.12. The van der Waals surface area contributed by atoms with Crippen molar-refractivity contribution >= 4 is 28.5 Å². The molecule has 2 nitrogen and oxygen atoms in total. The van der Waals surface area contributed by atoms with E-state index in [9.17, 15) is 10.0 Å². The first-order valence-corrected chi connectivity index (χ1v) is 20.0. The van der Waals surface area contributed by atoms with Gasteiger partial charge in [-0.05, 0) is 125 Å². The van der Waals surface area contributed by atoms with E-state index in [-0.39, 0.29) is 16.2 Å². The molecule has 0 radical (unpaired) electrons. The summed E-state index contributed by atoms with van der Waals surface area (Å²) in [6, 6.07) is 52.3. The lowest BCUT2D eigenvalue weighted by Crippen LogP contribution is -2.31. The molecule has 7 aromatic rings. The molecule has 0 unspecified atom stereocenters. The van der Waals surface area contributed by atoms with Gasteiger partial charge >= 0.3 is 7.12 Å². The fraction of sp³-hybridized carbons (Fsp3) is 0.176. The smallest absolute Gasteiger partial charge is 0.423 e. The summed E-state index contributed by atoms with van der Waals surface area (Å²) in [5, 5.41) is 19.3. The number of halogens is 1. The minimum Gasteiger partial charge on any atom is -0.423 e. The maximum atomic E-state index is 9.67. The largest absolute Gasteiger partial charge is 0.488 e. The molecule has 3 aliphatic carbocycles. The summed E-state index contributed by atoms with van der Waals surface area (Å²) in [5.41, 5.74) is 21.3. The van der Waals surface area contributed by atoms with Crippen LogP contribution in [0.25, 0.3) is 55.6 Å². The van der Waals surface area contributed by atoms with Crippen LogP contribution in [0.4, 0.5) is 0 Å². The van der Waals surface area contributed by atoms with E-state index >= 15 is 0 Å². The van der Waals surface area contributed by atoms with Crippen molar-refractivity contribution in [2.24, 2.45) is 0 Å². The molecule has 270 valence electrons. The maximum absolute atomic E-state index is 9.67. The molecule has 0 saturated heterocycles. The highest BCUT2D eigenvalue weighted by Crippen LogP contribution is 2.52. The second-order valence-corrected chi connectivity index (χ2v) is 17.8. The minimum atomic E-state index is -1.45. The lowest BCUT2D eigenvalue weighted by atomic mass is 9.75. The van der Waals surface area contributed by atoms with Crippen LogP contribution in [0.1, 0.15) is 74.9 Å². The van der Waals surface area contributed by atoms with Gasteiger partial charge in [-0.3, -0.25) is 0 Å². The zero-order valence-corrected chi connectivity index (χ0v) is 33.8. The molecular formula is C51H44BBrO2. The van der Waals surface area contributed by atoms with Gasteiger partial charge in [0.2, 0.25) is 0 Å². The van der Waals surface area contributed by atoms with Crippen LogP contribution in [-0.4, -0.2) is 17.2 Å². The van der Waals surface area contributed by atoms with E-state index in [1.54, 1.807) is 0 Å². The normalized spacial score (nSPS) is 15.4. The van der Waals surface area contributed by atoms with Gasteiger partial charge in [0.25, 0.3) is 0 Å². The lowest BCUT2D eigenvalue weighted by molar-refractivity contribution is 0.425. The van der Waals surface area contributed by atoms with Gasteiger partial charge in [0.05, 0.1) is 0 Å². The molecule has 3 aliphatic rings. The molecule has 0 aromatic heterocycles. The van der Waals surface area contributed by atoms with Crippen molar-refractivity contribution in [3.63, 3.8) is 0 Å². The van der Waals surface area contributed by atoms with Crippen LogP contribution in [-0.2, 0) is 16.2 Å². The summed E-state index contributed by atoms with van der Waals surface area (Å²) in [6.07, 6.45) is 0. The first-order chi connectivity index (χ1) is 26.3. The molecule has 7 aromatic carbocycles. The van der Waals surface area contributed by atoms with Crippen LogP contribution in [0.3, 0.4) is 0 Å². The quantitative estimate of drug-likeness (QED) is 0.175. The Hall–Kier alpha value is -5.00. The van der Waals surface area contributed by atoms with Crippen LogP contribution in [0.2, 0.25) is 0 Å². The van der Waals surface area contributed by atoms with E-state index < -0.39 is 7.12 Å². The van der Waals surface area contributed by atoms with Crippen molar-refractivity contribution < 1.29 is 10.0 Å². The predicted molar refractivity (Wildman–Crippen MR) is 234 cm³/mol. The number of hydrogen-bond acceptors (Lipinski definition) is 2. The van der Waals surface area contributed by atoms with Gasteiger partial charge in [0.1, 0.15) is 0 Å². The molecule has 10 rings (SSSR count). The molecule has 0 fully saturated rings. The highest BCUT2D eigenvalue weighted by Gasteiger charge is 2.38. The average Bonchev–Trinajstić information content (AvgIpc) is 3.67. The van der Waals surface area contributed by atoms with Crippen LogP contribution >= 0.6 is 15.9 Å². The van der Waals surface area contributed by atoms with Crippen molar-refractivity contribution in [3.8, 4) is 55.6 Å². The average molecular weight is 780 g/mol. The number of rotatable bonds is 3. The molecule has 0 atom stereocenters. The summed E-state index contributed by atoms with van der Waals surface area (Å²) in [7, 11) is -1.45. The topological polar surface area (TPSA) is 40.5 Å². The Morgan fingerprint density at radius 2 is 0.691 bits per heavy atom. The number of benzene rings is 7. The number of fused-ring (bicyclic) bond motifs is 9. The molecule has 0 heterocycles. The zero-order chi connectivity index (χ0) is 38.4. The van der Waals surface area contributed by atoms with Gasteiger partial charge in [0.15, 0.2) is 0 Å². The third-order valence-corrected chi connectivity index (χ3v) is 13.2. The molecule has 0 spiro atoms. The molecule has 0 amide bonds. The Balaban J connectivity index is 0.000000157. The van der Waals surface area contributed by atoms with Gasteiger partial charge < -0.3 is 10.0 Å². The van der Waals surface area contributed by atoms with Gasteiger partial charge in [0, 0.05) is 20.7 Å². The maximum Gasteiger partial charge on any atom is 0.488 e. The molecule has 0 aliphatic heterocycles. The highest BCUT2D eigenvalue weighted by atomic mass is 79.9. The molecule has 0 saturated carbocycles. The monoisotopic (exact) mass is 778 g/mol. The summed E-state index contributed by atoms with van der Waals surface area (Å²) in [4.78, 5) is 0. The summed E-state index contributed by atoms with van der Waals surface area (Å²) in [6.45, 7) is 13.7. The van der Waals surface area contributed by atoms with Crippen LogP contribution in [0.15, 0.2) is 150 Å². The fourth-order valence-electron chi connectivity index (χ4n) is 9.51. The Labute approximate surface area is 333 Å². The second kappa shape index (κ2) is 12.8. The Bertz CT molecular complexity index is 2670. The summed E-state index contributed by atoms with van der Waals surface area (Å²) in [5.74, 6) is 0.